The molecule has 0 atom stereocenters. The van der Waals surface area contributed by atoms with Crippen LogP contribution in [0.15, 0.2) is 24.3 Å². The third-order valence-electron chi connectivity index (χ3n) is 1.92. The lowest BCUT2D eigenvalue weighted by atomic mass is 10.1. The molecule has 0 aliphatic heterocycles. The Kier molecular flexibility index (Phi) is 4.83. The Morgan fingerprint density at radius 1 is 1.41 bits per heavy atom. The molecule has 0 unspecified atom stereocenters. The minimum Gasteiger partial charge on any atom is -0.294 e. The first-order valence-corrected chi connectivity index (χ1v) is 5.82. The second kappa shape index (κ2) is 5.92. The summed E-state index contributed by atoms with van der Waals surface area (Å²) in [5, 5.41) is 0. The fourth-order valence-electron chi connectivity index (χ4n) is 1.14. The number of benzene rings is 1. The molecule has 0 aliphatic rings. The van der Waals surface area contributed by atoms with Gasteiger partial charge in [0, 0.05) is 5.75 Å². The topological polar surface area (TPSA) is 55.1 Å². The molecule has 0 saturated heterocycles. The van der Waals surface area contributed by atoms with Gasteiger partial charge in [0.15, 0.2) is 0 Å². The number of hydrogen-bond acceptors (Lipinski definition) is 3. The van der Waals surface area contributed by atoms with Crippen LogP contribution in [-0.2, 0) is 16.7 Å². The summed E-state index contributed by atoms with van der Waals surface area (Å²) in [6.45, 7) is 0. The van der Waals surface area contributed by atoms with Gasteiger partial charge in [-0.15, -0.1) is 11.8 Å². The van der Waals surface area contributed by atoms with Crippen LogP contribution in [-0.4, -0.2) is 11.7 Å². The van der Waals surface area contributed by atoms with Crippen molar-refractivity contribution in [2.24, 2.45) is 5.84 Å². The van der Waals surface area contributed by atoms with Crippen LogP contribution in [0.1, 0.15) is 11.1 Å². The summed E-state index contributed by atoms with van der Waals surface area (Å²) in [4.78, 5) is 10.8. The zero-order valence-electron chi connectivity index (χ0n) is 8.75. The molecule has 7 heteroatoms. The van der Waals surface area contributed by atoms with Crippen molar-refractivity contribution >= 4 is 17.7 Å². The Labute approximate surface area is 101 Å². The highest BCUT2D eigenvalue weighted by atomic mass is 32.2. The van der Waals surface area contributed by atoms with Gasteiger partial charge >= 0.3 is 6.18 Å². The molecule has 1 rings (SSSR count). The van der Waals surface area contributed by atoms with Crippen molar-refractivity contribution in [3.05, 3.63) is 35.4 Å². The lowest BCUT2D eigenvalue weighted by Gasteiger charge is -2.08. The first-order chi connectivity index (χ1) is 7.93. The highest BCUT2D eigenvalue weighted by Gasteiger charge is 2.30. The summed E-state index contributed by atoms with van der Waals surface area (Å²) in [6, 6.07) is 5.03. The van der Waals surface area contributed by atoms with Crippen LogP contribution < -0.4 is 11.3 Å². The predicted octanol–water partition coefficient (Wildman–Crippen LogP) is 1.93. The van der Waals surface area contributed by atoms with Gasteiger partial charge < -0.3 is 0 Å². The van der Waals surface area contributed by atoms with E-state index in [1.165, 1.54) is 17.8 Å². The fourth-order valence-corrected chi connectivity index (χ4v) is 1.93. The molecular formula is C10H11F3N2OS. The molecule has 94 valence electrons. The summed E-state index contributed by atoms with van der Waals surface area (Å²) in [5.41, 5.74) is 1.79. The molecule has 1 aromatic rings. The summed E-state index contributed by atoms with van der Waals surface area (Å²) in [7, 11) is 0. The molecule has 0 fully saturated rings. The highest BCUT2D eigenvalue weighted by molar-refractivity contribution is 7.99. The molecule has 1 amide bonds. The Bertz CT molecular complexity index is 395. The summed E-state index contributed by atoms with van der Waals surface area (Å²) >= 11 is 1.20. The van der Waals surface area contributed by atoms with Gasteiger partial charge in [0.2, 0.25) is 5.91 Å². The first-order valence-electron chi connectivity index (χ1n) is 4.67. The zero-order chi connectivity index (χ0) is 12.9. The normalized spacial score (nSPS) is 11.3. The molecule has 0 radical (unpaired) electrons. The molecule has 0 bridgehead atoms. The van der Waals surface area contributed by atoms with E-state index < -0.39 is 11.7 Å². The van der Waals surface area contributed by atoms with E-state index in [0.29, 0.717) is 11.3 Å². The maximum absolute atomic E-state index is 12.4. The molecule has 0 aliphatic carbocycles. The Hall–Kier alpha value is -1.21. The van der Waals surface area contributed by atoms with Crippen molar-refractivity contribution in [1.82, 2.24) is 5.43 Å². The summed E-state index contributed by atoms with van der Waals surface area (Å²) in [5.74, 6) is 4.96. The largest absolute Gasteiger partial charge is 0.416 e. The number of hydrazine groups is 1. The Morgan fingerprint density at radius 2 is 2.12 bits per heavy atom. The van der Waals surface area contributed by atoms with Crippen LogP contribution in [0.3, 0.4) is 0 Å². The maximum Gasteiger partial charge on any atom is 0.416 e. The second-order valence-electron chi connectivity index (χ2n) is 3.26. The van der Waals surface area contributed by atoms with Gasteiger partial charge in [-0.2, -0.15) is 13.2 Å². The van der Waals surface area contributed by atoms with E-state index in [1.807, 2.05) is 5.43 Å². The number of carbonyl (C=O) groups is 1. The zero-order valence-corrected chi connectivity index (χ0v) is 9.57. The van der Waals surface area contributed by atoms with Crippen molar-refractivity contribution in [2.75, 3.05) is 5.75 Å². The number of thioether (sulfide) groups is 1. The van der Waals surface area contributed by atoms with E-state index in [9.17, 15) is 18.0 Å². The van der Waals surface area contributed by atoms with Gasteiger partial charge in [-0.1, -0.05) is 18.2 Å². The molecule has 3 nitrogen and oxygen atoms in total. The Morgan fingerprint density at radius 3 is 2.71 bits per heavy atom. The lowest BCUT2D eigenvalue weighted by Crippen LogP contribution is -2.31. The second-order valence-corrected chi connectivity index (χ2v) is 4.24. The standard InChI is InChI=1S/C10H11F3N2OS/c11-10(12,13)8-3-1-2-7(4-8)5-17-6-9(16)15-14/h1-4H,5-6,14H2,(H,15,16). The van der Waals surface area contributed by atoms with Crippen LogP contribution in [0.2, 0.25) is 0 Å². The maximum atomic E-state index is 12.4. The lowest BCUT2D eigenvalue weighted by molar-refractivity contribution is -0.137. The number of nitrogens with two attached hydrogens (primary N) is 1. The minimum atomic E-state index is -4.34. The molecule has 0 spiro atoms. The average molecular weight is 264 g/mol. The number of nitrogens with one attached hydrogen (secondary N) is 1. The van der Waals surface area contributed by atoms with E-state index in [-0.39, 0.29) is 11.7 Å². The van der Waals surface area contributed by atoms with Gasteiger partial charge in [-0.05, 0) is 11.6 Å². The number of halogens is 3. The van der Waals surface area contributed by atoms with Crippen molar-refractivity contribution in [2.45, 2.75) is 11.9 Å². The van der Waals surface area contributed by atoms with Crippen LogP contribution in [0.4, 0.5) is 13.2 Å². The van der Waals surface area contributed by atoms with E-state index >= 15 is 0 Å². The minimum absolute atomic E-state index is 0.118. The molecule has 3 N–H and O–H groups in total. The van der Waals surface area contributed by atoms with Gasteiger partial charge in [0.1, 0.15) is 0 Å². The quantitative estimate of drug-likeness (QED) is 0.496. The Balaban J connectivity index is 2.58. The van der Waals surface area contributed by atoms with Crippen molar-refractivity contribution < 1.29 is 18.0 Å². The predicted molar refractivity (Wildman–Crippen MR) is 59.9 cm³/mol. The third kappa shape index (κ3) is 4.66. The number of alkyl halides is 3. The van der Waals surface area contributed by atoms with E-state index in [2.05, 4.69) is 0 Å². The van der Waals surface area contributed by atoms with E-state index in [1.54, 1.807) is 6.07 Å². The first kappa shape index (κ1) is 13.9. The summed E-state index contributed by atoms with van der Waals surface area (Å²) in [6.07, 6.45) is -4.34. The van der Waals surface area contributed by atoms with Crippen molar-refractivity contribution in [1.29, 1.82) is 0 Å². The highest BCUT2D eigenvalue weighted by Crippen LogP contribution is 2.30. The van der Waals surface area contributed by atoms with Crippen molar-refractivity contribution in [3.8, 4) is 0 Å². The van der Waals surface area contributed by atoms with Crippen molar-refractivity contribution in [3.63, 3.8) is 0 Å². The van der Waals surface area contributed by atoms with E-state index in [0.717, 1.165) is 12.1 Å². The van der Waals surface area contributed by atoms with Gasteiger partial charge in [0.05, 0.1) is 11.3 Å². The third-order valence-corrected chi connectivity index (χ3v) is 2.92. The number of carbonyl (C=O) groups excluding carboxylic acids is 1. The van der Waals surface area contributed by atoms with Gasteiger partial charge in [-0.3, -0.25) is 10.2 Å². The fraction of sp³-hybridized carbons (Fsp3) is 0.300. The van der Waals surface area contributed by atoms with Crippen LogP contribution in [0, 0.1) is 0 Å². The summed E-state index contributed by atoms with van der Waals surface area (Å²) < 4.78 is 37.2. The molecule has 0 heterocycles. The van der Waals surface area contributed by atoms with E-state index in [4.69, 9.17) is 5.84 Å². The van der Waals surface area contributed by atoms with Crippen LogP contribution >= 0.6 is 11.8 Å². The monoisotopic (exact) mass is 264 g/mol. The van der Waals surface area contributed by atoms with Gasteiger partial charge in [-0.25, -0.2) is 5.84 Å². The molecular weight excluding hydrogens is 253 g/mol. The van der Waals surface area contributed by atoms with Crippen LogP contribution in [0.25, 0.3) is 0 Å². The molecule has 17 heavy (non-hydrogen) atoms. The SMILES string of the molecule is NNC(=O)CSCc1cccc(C(F)(F)F)c1. The molecule has 0 saturated carbocycles. The van der Waals surface area contributed by atoms with Crippen LogP contribution in [0.5, 0.6) is 0 Å². The average Bonchev–Trinajstić information content (AvgIpc) is 2.28. The molecule has 1 aromatic carbocycles. The number of amides is 1. The van der Waals surface area contributed by atoms with Gasteiger partial charge in [0.25, 0.3) is 0 Å². The number of hydrogen-bond donors (Lipinski definition) is 2. The molecule has 0 aromatic heterocycles. The smallest absolute Gasteiger partial charge is 0.294 e. The number of rotatable bonds is 4.